The predicted molar refractivity (Wildman–Crippen MR) is 92.6 cm³/mol. The zero-order valence-corrected chi connectivity index (χ0v) is 15.2. The van der Waals surface area contributed by atoms with Crippen molar-refractivity contribution in [1.29, 1.82) is 0 Å². The molecule has 0 spiro atoms. The fourth-order valence-corrected chi connectivity index (χ4v) is 2.78. The molecule has 1 saturated heterocycles. The molecule has 23 heavy (non-hydrogen) atoms. The van der Waals surface area contributed by atoms with Crippen LogP contribution >= 0.6 is 38.5 Å². The molecule has 0 saturated carbocycles. The molecular weight excluding hydrogens is 482 g/mol. The second kappa shape index (κ2) is 6.44. The van der Waals surface area contributed by atoms with Crippen LogP contribution in [-0.4, -0.2) is 16.8 Å². The molecular formula is C15H9BrFIN2O3. The van der Waals surface area contributed by atoms with Crippen LogP contribution in [0.1, 0.15) is 11.3 Å². The van der Waals surface area contributed by atoms with Gasteiger partial charge < -0.3 is 9.73 Å². The van der Waals surface area contributed by atoms with Crippen molar-refractivity contribution >= 4 is 56.5 Å². The highest BCUT2D eigenvalue weighted by Crippen LogP contribution is 2.25. The molecule has 0 bridgehead atoms. The van der Waals surface area contributed by atoms with Crippen molar-refractivity contribution in [3.05, 3.63) is 61.4 Å². The molecule has 0 aliphatic carbocycles. The Kier molecular flexibility index (Phi) is 4.53. The van der Waals surface area contributed by atoms with Gasteiger partial charge in [-0.1, -0.05) is 12.1 Å². The van der Waals surface area contributed by atoms with E-state index in [2.05, 4.69) is 21.2 Å². The molecule has 1 N–H and O–H groups in total. The smallest absolute Gasteiger partial charge is 0.329 e. The second-order valence-electron chi connectivity index (χ2n) is 4.78. The topological polar surface area (TPSA) is 62.6 Å². The number of carbonyl (C=O) groups is 2. The van der Waals surface area contributed by atoms with Gasteiger partial charge in [0.05, 0.1) is 11.0 Å². The lowest BCUT2D eigenvalue weighted by molar-refractivity contribution is -0.123. The Labute approximate surface area is 152 Å². The van der Waals surface area contributed by atoms with Crippen LogP contribution in [-0.2, 0) is 11.3 Å². The number of furan rings is 1. The third-order valence-corrected chi connectivity index (χ3v) is 5.30. The number of imide groups is 1. The molecule has 3 rings (SSSR count). The number of hydrogen-bond acceptors (Lipinski definition) is 3. The van der Waals surface area contributed by atoms with Crippen LogP contribution in [0.2, 0.25) is 0 Å². The van der Waals surface area contributed by atoms with E-state index in [9.17, 15) is 14.0 Å². The van der Waals surface area contributed by atoms with Gasteiger partial charge in [-0.15, -0.1) is 0 Å². The number of benzene rings is 1. The number of nitrogens with zero attached hydrogens (tertiary/aromatic N) is 1. The highest BCUT2D eigenvalue weighted by molar-refractivity contribution is 14.1. The van der Waals surface area contributed by atoms with Crippen LogP contribution in [0.25, 0.3) is 6.08 Å². The Morgan fingerprint density at radius 1 is 1.30 bits per heavy atom. The Bertz CT molecular complexity index is 797. The highest BCUT2D eigenvalue weighted by Gasteiger charge is 2.33. The van der Waals surface area contributed by atoms with Gasteiger partial charge in [0.1, 0.15) is 17.3 Å². The maximum absolute atomic E-state index is 12.9. The van der Waals surface area contributed by atoms with Crippen molar-refractivity contribution in [3.8, 4) is 0 Å². The zero-order chi connectivity index (χ0) is 16.6. The van der Waals surface area contributed by atoms with Crippen molar-refractivity contribution in [2.24, 2.45) is 0 Å². The lowest BCUT2D eigenvalue weighted by Gasteiger charge is -2.11. The van der Waals surface area contributed by atoms with E-state index in [0.29, 0.717) is 15.1 Å². The number of rotatable bonds is 3. The largest absolute Gasteiger partial charge is 0.450 e. The Morgan fingerprint density at radius 2 is 2.00 bits per heavy atom. The zero-order valence-electron chi connectivity index (χ0n) is 11.5. The first kappa shape index (κ1) is 16.2. The molecule has 1 aromatic carbocycles. The summed E-state index contributed by atoms with van der Waals surface area (Å²) in [6.07, 6.45) is 1.47. The van der Waals surface area contributed by atoms with Gasteiger partial charge in [0.2, 0.25) is 0 Å². The molecule has 0 unspecified atom stereocenters. The third kappa shape index (κ3) is 3.47. The summed E-state index contributed by atoms with van der Waals surface area (Å²) in [5, 5.41) is 2.51. The van der Waals surface area contributed by atoms with Crippen LogP contribution in [0.15, 0.2) is 44.9 Å². The van der Waals surface area contributed by atoms with Crippen molar-refractivity contribution in [2.45, 2.75) is 6.54 Å². The summed E-state index contributed by atoms with van der Waals surface area (Å²) in [6.45, 7) is 0.0711. The standard InChI is InChI=1S/C15H9BrFIN2O3/c16-11-5-10(23-13(11)18)6-12-14(21)20(15(22)19-12)7-8-1-3-9(17)4-2-8/h1-6H,7H2,(H,19,22)/b12-6-. The summed E-state index contributed by atoms with van der Waals surface area (Å²) in [4.78, 5) is 25.4. The molecule has 5 nitrogen and oxygen atoms in total. The fourth-order valence-electron chi connectivity index (χ4n) is 2.06. The number of carbonyl (C=O) groups excluding carboxylic acids is 2. The van der Waals surface area contributed by atoms with Gasteiger partial charge in [0.25, 0.3) is 5.91 Å². The molecule has 1 fully saturated rings. The van der Waals surface area contributed by atoms with Gasteiger partial charge in [-0.25, -0.2) is 9.18 Å². The number of nitrogens with one attached hydrogen (secondary N) is 1. The van der Waals surface area contributed by atoms with E-state index >= 15 is 0 Å². The summed E-state index contributed by atoms with van der Waals surface area (Å²) in [6, 6.07) is 6.81. The predicted octanol–water partition coefficient (Wildman–Crippen LogP) is 3.88. The summed E-state index contributed by atoms with van der Waals surface area (Å²) >= 11 is 5.32. The minimum absolute atomic E-state index is 0.0711. The molecule has 2 heterocycles. The fraction of sp³-hybridized carbons (Fsp3) is 0.0667. The van der Waals surface area contributed by atoms with E-state index < -0.39 is 11.9 Å². The van der Waals surface area contributed by atoms with Gasteiger partial charge >= 0.3 is 6.03 Å². The van der Waals surface area contributed by atoms with Crippen LogP contribution < -0.4 is 5.32 Å². The van der Waals surface area contributed by atoms with Crippen molar-refractivity contribution in [3.63, 3.8) is 0 Å². The number of urea groups is 1. The molecule has 1 aliphatic heterocycles. The molecule has 0 radical (unpaired) electrons. The minimum atomic E-state index is -0.522. The Balaban J connectivity index is 1.80. The van der Waals surface area contributed by atoms with Crippen molar-refractivity contribution < 1.29 is 18.4 Å². The Hall–Kier alpha value is -1.68. The molecule has 1 aromatic heterocycles. The second-order valence-corrected chi connectivity index (χ2v) is 6.61. The quantitative estimate of drug-likeness (QED) is 0.403. The molecule has 1 aliphatic rings. The first-order valence-electron chi connectivity index (χ1n) is 6.48. The number of hydrogen-bond donors (Lipinski definition) is 1. The van der Waals surface area contributed by atoms with E-state index in [1.54, 1.807) is 6.07 Å². The van der Waals surface area contributed by atoms with Gasteiger partial charge in [0, 0.05) is 28.7 Å². The molecule has 8 heteroatoms. The maximum atomic E-state index is 12.9. The lowest BCUT2D eigenvalue weighted by atomic mass is 10.2. The van der Waals surface area contributed by atoms with Crippen LogP contribution in [0.4, 0.5) is 9.18 Å². The van der Waals surface area contributed by atoms with E-state index in [-0.39, 0.29) is 18.1 Å². The summed E-state index contributed by atoms with van der Waals surface area (Å²) < 4.78 is 19.8. The van der Waals surface area contributed by atoms with Crippen molar-refractivity contribution in [2.75, 3.05) is 0 Å². The lowest BCUT2D eigenvalue weighted by Crippen LogP contribution is -2.30. The molecule has 3 amide bonds. The highest BCUT2D eigenvalue weighted by atomic mass is 127. The first-order chi connectivity index (χ1) is 10.9. The van der Waals surface area contributed by atoms with E-state index in [1.807, 2.05) is 22.6 Å². The van der Waals surface area contributed by atoms with Gasteiger partial charge in [-0.05, 0) is 39.7 Å². The average Bonchev–Trinajstić information content (AvgIpc) is 2.95. The average molecular weight is 491 g/mol. The molecule has 0 atom stereocenters. The summed E-state index contributed by atoms with van der Waals surface area (Å²) in [5.74, 6) is -0.375. The minimum Gasteiger partial charge on any atom is -0.450 e. The molecule has 2 aromatic rings. The maximum Gasteiger partial charge on any atom is 0.329 e. The van der Waals surface area contributed by atoms with Crippen LogP contribution in [0, 0.1) is 9.58 Å². The molecule has 118 valence electrons. The number of amides is 3. The van der Waals surface area contributed by atoms with Gasteiger partial charge in [-0.3, -0.25) is 9.69 Å². The summed E-state index contributed by atoms with van der Waals surface area (Å²) in [5.41, 5.74) is 0.793. The van der Waals surface area contributed by atoms with E-state index in [0.717, 1.165) is 9.37 Å². The number of halogens is 3. The first-order valence-corrected chi connectivity index (χ1v) is 8.35. The van der Waals surface area contributed by atoms with Crippen LogP contribution in [0.5, 0.6) is 0 Å². The third-order valence-electron chi connectivity index (χ3n) is 3.17. The SMILES string of the molecule is O=C1N/C(=C\c2cc(Br)c(I)o2)C(=O)N1Cc1ccc(F)cc1. The summed E-state index contributed by atoms with van der Waals surface area (Å²) in [7, 11) is 0. The van der Waals surface area contributed by atoms with E-state index in [1.165, 1.54) is 30.3 Å². The normalized spacial score (nSPS) is 16.3. The Morgan fingerprint density at radius 3 is 2.61 bits per heavy atom. The van der Waals surface area contributed by atoms with Gasteiger partial charge in [-0.2, -0.15) is 0 Å². The monoisotopic (exact) mass is 490 g/mol. The van der Waals surface area contributed by atoms with Gasteiger partial charge in [0.15, 0.2) is 3.77 Å². The van der Waals surface area contributed by atoms with E-state index in [4.69, 9.17) is 4.42 Å². The van der Waals surface area contributed by atoms with Crippen molar-refractivity contribution in [1.82, 2.24) is 10.2 Å². The van der Waals surface area contributed by atoms with Crippen LogP contribution in [0.3, 0.4) is 0 Å².